The van der Waals surface area contributed by atoms with E-state index in [0.29, 0.717) is 38.3 Å². The molecule has 2 amide bonds. The van der Waals surface area contributed by atoms with Gasteiger partial charge in [-0.05, 0) is 29.1 Å². The van der Waals surface area contributed by atoms with Gasteiger partial charge in [0.15, 0.2) is 0 Å². The average Bonchev–Trinajstić information content (AvgIpc) is 3.11. The Morgan fingerprint density at radius 1 is 1.00 bits per heavy atom. The Hall–Kier alpha value is -2.34. The van der Waals surface area contributed by atoms with Crippen molar-refractivity contribution in [2.45, 2.75) is 6.42 Å². The number of carbonyl (C=O) groups is 2. The third-order valence-electron chi connectivity index (χ3n) is 4.02. The van der Waals surface area contributed by atoms with Crippen molar-refractivity contribution in [2.24, 2.45) is 0 Å². The van der Waals surface area contributed by atoms with Crippen LogP contribution in [0.4, 0.5) is 5.69 Å². The predicted molar refractivity (Wildman–Crippen MR) is 91.4 cm³/mol. The van der Waals surface area contributed by atoms with Crippen molar-refractivity contribution in [2.75, 3.05) is 31.9 Å². The molecule has 1 saturated heterocycles. The second-order valence-corrected chi connectivity index (χ2v) is 6.38. The molecule has 2 aromatic rings. The number of carbonyl (C=O) groups excluding carboxylic acids is 2. The van der Waals surface area contributed by atoms with Gasteiger partial charge in [-0.25, -0.2) is 0 Å². The third kappa shape index (κ3) is 3.71. The van der Waals surface area contributed by atoms with E-state index in [1.54, 1.807) is 12.1 Å². The standard InChI is InChI=1S/C17H19N3O2S/c18-15-3-1-13(2-4-15)11-16(21)19-6-8-20(9-7-19)17(22)14-5-10-23-12-14/h1-5,10,12H,6-9,11,18H2. The average molecular weight is 329 g/mol. The molecule has 23 heavy (non-hydrogen) atoms. The maximum absolute atomic E-state index is 12.4. The van der Waals surface area contributed by atoms with Crippen molar-refractivity contribution in [3.63, 3.8) is 0 Å². The minimum atomic E-state index is 0.0527. The summed E-state index contributed by atoms with van der Waals surface area (Å²) in [5.41, 5.74) is 8.04. The number of benzene rings is 1. The van der Waals surface area contributed by atoms with Gasteiger partial charge in [-0.2, -0.15) is 11.3 Å². The normalized spacial score (nSPS) is 14.8. The zero-order valence-corrected chi connectivity index (χ0v) is 13.6. The van der Waals surface area contributed by atoms with Crippen LogP contribution in [0.1, 0.15) is 15.9 Å². The summed E-state index contributed by atoms with van der Waals surface area (Å²) in [4.78, 5) is 28.3. The lowest BCUT2D eigenvalue weighted by Gasteiger charge is -2.34. The van der Waals surface area contributed by atoms with Gasteiger partial charge in [0.2, 0.25) is 5.91 Å². The highest BCUT2D eigenvalue weighted by molar-refractivity contribution is 7.08. The molecule has 1 aromatic heterocycles. The van der Waals surface area contributed by atoms with Crippen LogP contribution in [0, 0.1) is 0 Å². The first-order valence-electron chi connectivity index (χ1n) is 7.57. The first kappa shape index (κ1) is 15.6. The molecule has 0 saturated carbocycles. The summed E-state index contributed by atoms with van der Waals surface area (Å²) >= 11 is 1.52. The van der Waals surface area contributed by atoms with Gasteiger partial charge in [0.05, 0.1) is 12.0 Å². The van der Waals surface area contributed by atoms with Gasteiger partial charge in [-0.15, -0.1) is 0 Å². The smallest absolute Gasteiger partial charge is 0.254 e. The highest BCUT2D eigenvalue weighted by Crippen LogP contribution is 2.13. The summed E-state index contributed by atoms with van der Waals surface area (Å²) < 4.78 is 0. The number of amides is 2. The number of nitrogen functional groups attached to an aromatic ring is 1. The van der Waals surface area contributed by atoms with Crippen molar-refractivity contribution in [1.82, 2.24) is 9.80 Å². The maximum Gasteiger partial charge on any atom is 0.254 e. The summed E-state index contributed by atoms with van der Waals surface area (Å²) in [7, 11) is 0. The molecule has 2 heterocycles. The van der Waals surface area contributed by atoms with Crippen LogP contribution in [0.3, 0.4) is 0 Å². The number of nitrogens with two attached hydrogens (primary N) is 1. The topological polar surface area (TPSA) is 66.6 Å². The molecule has 0 unspecified atom stereocenters. The van der Waals surface area contributed by atoms with Gasteiger partial charge < -0.3 is 15.5 Å². The molecule has 120 valence electrons. The van der Waals surface area contributed by atoms with Crippen LogP contribution in [-0.4, -0.2) is 47.8 Å². The zero-order chi connectivity index (χ0) is 16.2. The Morgan fingerprint density at radius 2 is 1.65 bits per heavy atom. The largest absolute Gasteiger partial charge is 0.399 e. The van der Waals surface area contributed by atoms with Gasteiger partial charge in [-0.3, -0.25) is 9.59 Å². The Balaban J connectivity index is 1.53. The number of piperazine rings is 1. The molecule has 0 spiro atoms. The van der Waals surface area contributed by atoms with Gasteiger partial charge in [0.1, 0.15) is 0 Å². The van der Waals surface area contributed by atoms with Crippen LogP contribution in [0.25, 0.3) is 0 Å². The van der Waals surface area contributed by atoms with Crippen molar-refractivity contribution in [3.05, 3.63) is 52.2 Å². The fourth-order valence-corrected chi connectivity index (χ4v) is 3.28. The molecule has 0 radical (unpaired) electrons. The molecule has 0 atom stereocenters. The number of thiophene rings is 1. The van der Waals surface area contributed by atoms with E-state index in [4.69, 9.17) is 5.73 Å². The molecular formula is C17H19N3O2S. The van der Waals surface area contributed by atoms with Crippen LogP contribution >= 0.6 is 11.3 Å². The fraction of sp³-hybridized carbons (Fsp3) is 0.294. The predicted octanol–water partition coefficient (Wildman–Crippen LogP) is 1.86. The lowest BCUT2D eigenvalue weighted by molar-refractivity contribution is -0.131. The zero-order valence-electron chi connectivity index (χ0n) is 12.8. The number of hydrogen-bond donors (Lipinski definition) is 1. The summed E-state index contributed by atoms with van der Waals surface area (Å²) in [5, 5.41) is 3.76. The number of nitrogens with zero attached hydrogens (tertiary/aromatic N) is 2. The van der Waals surface area contributed by atoms with E-state index in [9.17, 15) is 9.59 Å². The second-order valence-electron chi connectivity index (χ2n) is 5.60. The van der Waals surface area contributed by atoms with Gasteiger partial charge in [0.25, 0.3) is 5.91 Å². The molecule has 5 nitrogen and oxygen atoms in total. The summed E-state index contributed by atoms with van der Waals surface area (Å²) in [6, 6.07) is 9.21. The molecule has 1 aliphatic rings. The summed E-state index contributed by atoms with van der Waals surface area (Å²) in [5.74, 6) is 0.147. The van der Waals surface area contributed by atoms with Crippen LogP contribution in [0.5, 0.6) is 0 Å². The van der Waals surface area contributed by atoms with Gasteiger partial charge in [0, 0.05) is 37.2 Å². The van der Waals surface area contributed by atoms with Crippen molar-refractivity contribution >= 4 is 28.8 Å². The van der Waals surface area contributed by atoms with Crippen LogP contribution < -0.4 is 5.73 Å². The van der Waals surface area contributed by atoms with E-state index in [1.165, 1.54) is 11.3 Å². The Morgan fingerprint density at radius 3 is 2.26 bits per heavy atom. The van der Waals surface area contributed by atoms with Crippen molar-refractivity contribution < 1.29 is 9.59 Å². The van der Waals surface area contributed by atoms with Crippen LogP contribution in [0.15, 0.2) is 41.1 Å². The molecule has 3 rings (SSSR count). The SMILES string of the molecule is Nc1ccc(CC(=O)N2CCN(C(=O)c3ccsc3)CC2)cc1. The van der Waals surface area contributed by atoms with Crippen molar-refractivity contribution in [3.8, 4) is 0 Å². The molecule has 1 aliphatic heterocycles. The first-order chi connectivity index (χ1) is 11.1. The quantitative estimate of drug-likeness (QED) is 0.874. The van der Waals surface area contributed by atoms with Crippen LogP contribution in [0.2, 0.25) is 0 Å². The third-order valence-corrected chi connectivity index (χ3v) is 4.71. The maximum atomic E-state index is 12.4. The van der Waals surface area contributed by atoms with E-state index in [2.05, 4.69) is 0 Å². The van der Waals surface area contributed by atoms with E-state index < -0.39 is 0 Å². The van der Waals surface area contributed by atoms with Gasteiger partial charge in [-0.1, -0.05) is 12.1 Å². The molecule has 1 fully saturated rings. The lowest BCUT2D eigenvalue weighted by Crippen LogP contribution is -2.50. The van der Waals surface area contributed by atoms with Crippen molar-refractivity contribution in [1.29, 1.82) is 0 Å². The van der Waals surface area contributed by atoms with E-state index in [-0.39, 0.29) is 11.8 Å². The number of hydrogen-bond acceptors (Lipinski definition) is 4. The molecule has 1 aromatic carbocycles. The first-order valence-corrected chi connectivity index (χ1v) is 8.51. The molecule has 6 heteroatoms. The van der Waals surface area contributed by atoms with Crippen LogP contribution in [-0.2, 0) is 11.2 Å². The Labute approximate surface area is 139 Å². The molecular weight excluding hydrogens is 310 g/mol. The van der Waals surface area contributed by atoms with E-state index >= 15 is 0 Å². The number of anilines is 1. The molecule has 2 N–H and O–H groups in total. The highest BCUT2D eigenvalue weighted by Gasteiger charge is 2.24. The minimum absolute atomic E-state index is 0.0527. The lowest BCUT2D eigenvalue weighted by atomic mass is 10.1. The number of rotatable bonds is 3. The highest BCUT2D eigenvalue weighted by atomic mass is 32.1. The fourth-order valence-electron chi connectivity index (χ4n) is 2.65. The monoisotopic (exact) mass is 329 g/mol. The van der Waals surface area contributed by atoms with E-state index in [1.807, 2.05) is 38.8 Å². The van der Waals surface area contributed by atoms with E-state index in [0.717, 1.165) is 11.1 Å². The summed E-state index contributed by atoms with van der Waals surface area (Å²) in [6.45, 7) is 2.34. The Kier molecular flexibility index (Phi) is 4.62. The Bertz CT molecular complexity index is 674. The van der Waals surface area contributed by atoms with Gasteiger partial charge >= 0.3 is 0 Å². The second kappa shape index (κ2) is 6.83. The minimum Gasteiger partial charge on any atom is -0.399 e. The molecule has 0 bridgehead atoms. The molecule has 0 aliphatic carbocycles. The summed E-state index contributed by atoms with van der Waals surface area (Å²) in [6.07, 6.45) is 0.374.